The summed E-state index contributed by atoms with van der Waals surface area (Å²) in [7, 11) is 0. The standard InChI is InChI=1S/C6H13.C4H8O2.Sn/c1-3-5-6-4-2;1-2-3-4(5)6;/h1,3-6H2,2H3;2-3H2,1H3,(H,5,6);. The Hall–Kier alpha value is 0.269. The van der Waals surface area contributed by atoms with E-state index in [1.165, 1.54) is 30.1 Å². The molecule has 0 saturated carbocycles. The predicted octanol–water partition coefficient (Wildman–Crippen LogP) is 3.02. The Morgan fingerprint density at radius 2 is 1.77 bits per heavy atom. The number of carbonyl (C=O) groups is 1. The van der Waals surface area contributed by atoms with E-state index in [0.717, 1.165) is 6.42 Å². The molecule has 0 aliphatic rings. The third-order valence-electron chi connectivity index (χ3n) is 1.49. The second kappa shape index (κ2) is 14.8. The first-order chi connectivity index (χ1) is 6.18. The van der Waals surface area contributed by atoms with E-state index in [1.807, 2.05) is 6.92 Å². The Morgan fingerprint density at radius 3 is 2.00 bits per heavy atom. The zero-order valence-corrected chi connectivity index (χ0v) is 11.7. The van der Waals surface area contributed by atoms with Gasteiger partial charge < -0.3 is 5.11 Å². The van der Waals surface area contributed by atoms with E-state index in [4.69, 9.17) is 5.11 Å². The number of carboxylic acids is 1. The maximum atomic E-state index is 9.60. The number of hydrogen-bond donors (Lipinski definition) is 1. The van der Waals surface area contributed by atoms with Crippen LogP contribution in [0.25, 0.3) is 0 Å². The van der Waals surface area contributed by atoms with Crippen molar-refractivity contribution in [1.82, 2.24) is 0 Å². The first kappa shape index (κ1) is 15.7. The second-order valence-corrected chi connectivity index (χ2v) is 4.38. The number of carboxylic acid groups (broad SMARTS) is 1. The molecule has 0 amide bonds. The average Bonchev–Trinajstić information content (AvgIpc) is 2.06. The van der Waals surface area contributed by atoms with E-state index >= 15 is 0 Å². The summed E-state index contributed by atoms with van der Waals surface area (Å²) >= 11 is 1.70. The molecule has 3 heteroatoms. The van der Waals surface area contributed by atoms with Crippen molar-refractivity contribution in [3.8, 4) is 0 Å². The van der Waals surface area contributed by atoms with Crippen LogP contribution in [-0.2, 0) is 4.79 Å². The molecule has 77 valence electrons. The van der Waals surface area contributed by atoms with Crippen molar-refractivity contribution in [2.75, 3.05) is 0 Å². The van der Waals surface area contributed by atoms with Crippen molar-refractivity contribution >= 4 is 28.5 Å². The Balaban J connectivity index is 0. The summed E-state index contributed by atoms with van der Waals surface area (Å²) in [5.74, 6) is -0.711. The Labute approximate surface area is 95.2 Å². The second-order valence-electron chi connectivity index (χ2n) is 2.95. The van der Waals surface area contributed by atoms with E-state index in [9.17, 15) is 4.79 Å². The molecule has 0 unspecified atom stereocenters. The van der Waals surface area contributed by atoms with Crippen LogP contribution in [0.4, 0.5) is 0 Å². The van der Waals surface area contributed by atoms with Gasteiger partial charge in [0.2, 0.25) is 0 Å². The normalized spacial score (nSPS) is 8.85. The summed E-state index contributed by atoms with van der Waals surface area (Å²) in [4.78, 5) is 9.60. The first-order valence-electron chi connectivity index (χ1n) is 5.05. The fourth-order valence-corrected chi connectivity index (χ4v) is 1.48. The average molecular weight is 292 g/mol. The quantitative estimate of drug-likeness (QED) is 0.603. The van der Waals surface area contributed by atoms with E-state index in [0.29, 0.717) is 6.42 Å². The van der Waals surface area contributed by atoms with Crippen molar-refractivity contribution in [2.45, 2.75) is 56.8 Å². The Bertz CT molecular complexity index is 101. The summed E-state index contributed by atoms with van der Waals surface area (Å²) in [6.07, 6.45) is 6.76. The molecule has 0 atom stereocenters. The number of unbranched alkanes of at least 4 members (excludes halogenated alkanes) is 3. The van der Waals surface area contributed by atoms with Crippen LogP contribution in [0.15, 0.2) is 0 Å². The molecule has 0 aromatic heterocycles. The van der Waals surface area contributed by atoms with Crippen LogP contribution < -0.4 is 0 Å². The van der Waals surface area contributed by atoms with Crippen molar-refractivity contribution in [3.63, 3.8) is 0 Å². The molecule has 0 aromatic carbocycles. The number of rotatable bonds is 6. The molecular formula is C10H21O2Sn. The van der Waals surface area contributed by atoms with Crippen LogP contribution in [0.5, 0.6) is 0 Å². The molecule has 2 nitrogen and oxygen atoms in total. The van der Waals surface area contributed by atoms with Gasteiger partial charge in [0.15, 0.2) is 0 Å². The van der Waals surface area contributed by atoms with Gasteiger partial charge in [-0.2, -0.15) is 0 Å². The zero-order valence-electron chi connectivity index (χ0n) is 8.81. The Kier molecular flexibility index (Phi) is 17.9. The van der Waals surface area contributed by atoms with Gasteiger partial charge in [-0.05, 0) is 6.42 Å². The van der Waals surface area contributed by atoms with E-state index in [-0.39, 0.29) is 0 Å². The minimum absolute atomic E-state index is 0.292. The molecule has 0 fully saturated rings. The molecule has 0 aliphatic heterocycles. The topological polar surface area (TPSA) is 37.3 Å². The molecule has 13 heavy (non-hydrogen) atoms. The monoisotopic (exact) mass is 293 g/mol. The third-order valence-corrected chi connectivity index (χ3v) is 2.50. The fourth-order valence-electron chi connectivity index (χ4n) is 0.766. The van der Waals surface area contributed by atoms with Gasteiger partial charge in [-0.1, -0.05) is 6.92 Å². The van der Waals surface area contributed by atoms with Gasteiger partial charge in [-0.15, -0.1) is 0 Å². The summed E-state index contributed by atoms with van der Waals surface area (Å²) in [5.41, 5.74) is 0. The van der Waals surface area contributed by atoms with Gasteiger partial charge in [0.25, 0.3) is 0 Å². The molecule has 0 rings (SSSR count). The first-order valence-corrected chi connectivity index (χ1v) is 7.07. The number of hydrogen-bond acceptors (Lipinski definition) is 1. The molecule has 0 bridgehead atoms. The van der Waals surface area contributed by atoms with E-state index < -0.39 is 5.97 Å². The molecule has 0 saturated heterocycles. The summed E-state index contributed by atoms with van der Waals surface area (Å²) in [6, 6.07) is 0. The molecule has 0 aromatic rings. The van der Waals surface area contributed by atoms with Crippen LogP contribution in [0.1, 0.15) is 52.4 Å². The van der Waals surface area contributed by atoms with Crippen molar-refractivity contribution in [1.29, 1.82) is 0 Å². The van der Waals surface area contributed by atoms with Gasteiger partial charge in [0.1, 0.15) is 0 Å². The van der Waals surface area contributed by atoms with Gasteiger partial charge in [-0.3, -0.25) is 4.79 Å². The maximum absolute atomic E-state index is 9.60. The van der Waals surface area contributed by atoms with Crippen LogP contribution in [0, 0.1) is 0 Å². The van der Waals surface area contributed by atoms with Gasteiger partial charge >= 0.3 is 65.5 Å². The molecule has 0 heterocycles. The third kappa shape index (κ3) is 24.5. The summed E-state index contributed by atoms with van der Waals surface area (Å²) in [5, 5.41) is 7.91. The van der Waals surface area contributed by atoms with Crippen LogP contribution in [0.2, 0.25) is 4.44 Å². The van der Waals surface area contributed by atoms with Crippen molar-refractivity contribution in [2.24, 2.45) is 0 Å². The molecule has 3 radical (unpaired) electrons. The van der Waals surface area contributed by atoms with Crippen LogP contribution >= 0.6 is 0 Å². The molecular weight excluding hydrogens is 271 g/mol. The summed E-state index contributed by atoms with van der Waals surface area (Å²) < 4.78 is 1.45. The van der Waals surface area contributed by atoms with E-state index in [2.05, 4.69) is 6.92 Å². The SMILES string of the molecule is CCCC(=O)O.CCCCC[CH2][Sn]. The fraction of sp³-hybridized carbons (Fsp3) is 0.900. The molecule has 0 aliphatic carbocycles. The van der Waals surface area contributed by atoms with Crippen molar-refractivity contribution < 1.29 is 9.90 Å². The van der Waals surface area contributed by atoms with Gasteiger partial charge in [0, 0.05) is 6.42 Å². The van der Waals surface area contributed by atoms with E-state index in [1.54, 1.807) is 22.5 Å². The van der Waals surface area contributed by atoms with Crippen LogP contribution in [0.3, 0.4) is 0 Å². The molecule has 1 N–H and O–H groups in total. The van der Waals surface area contributed by atoms with Crippen LogP contribution in [-0.4, -0.2) is 33.6 Å². The zero-order chi connectivity index (χ0) is 10.5. The minimum atomic E-state index is -0.711. The Morgan fingerprint density at radius 1 is 1.15 bits per heavy atom. The summed E-state index contributed by atoms with van der Waals surface area (Å²) in [6.45, 7) is 4.09. The van der Waals surface area contributed by atoms with Crippen molar-refractivity contribution in [3.05, 3.63) is 0 Å². The molecule has 0 spiro atoms. The number of aliphatic carboxylic acids is 1. The van der Waals surface area contributed by atoms with Gasteiger partial charge in [-0.25, -0.2) is 0 Å². The predicted molar refractivity (Wildman–Crippen MR) is 57.2 cm³/mol. The van der Waals surface area contributed by atoms with Gasteiger partial charge in [0.05, 0.1) is 0 Å².